The van der Waals surface area contributed by atoms with Gasteiger partial charge in [0.2, 0.25) is 0 Å². The molecule has 0 aromatic heterocycles. The molecule has 1 amide bonds. The van der Waals surface area contributed by atoms with Crippen LogP contribution in [0.1, 0.15) is 13.8 Å². The predicted molar refractivity (Wildman–Crippen MR) is 70.8 cm³/mol. The minimum Gasteiger partial charge on any atom is -0.477 e. The largest absolute Gasteiger partial charge is 0.477 e. The van der Waals surface area contributed by atoms with Gasteiger partial charge in [0.15, 0.2) is 5.60 Å². The van der Waals surface area contributed by atoms with Crippen molar-refractivity contribution in [3.63, 3.8) is 0 Å². The van der Waals surface area contributed by atoms with Crippen LogP contribution in [-0.2, 0) is 4.79 Å². The Labute approximate surface area is 111 Å². The minimum atomic E-state index is -1.01. The molecular formula is C10H11BrINO2. The molecule has 0 aliphatic rings. The molecular weight excluding hydrogens is 373 g/mol. The molecule has 3 nitrogen and oxygen atoms in total. The zero-order valence-electron chi connectivity index (χ0n) is 8.38. The van der Waals surface area contributed by atoms with Gasteiger partial charge in [-0.3, -0.25) is 4.79 Å². The second-order valence-corrected chi connectivity index (χ2v) is 5.48. The summed E-state index contributed by atoms with van der Waals surface area (Å²) in [6, 6.07) is 5.59. The maximum absolute atomic E-state index is 11.1. The van der Waals surface area contributed by atoms with Crippen molar-refractivity contribution in [2.45, 2.75) is 19.4 Å². The van der Waals surface area contributed by atoms with Gasteiger partial charge in [0.25, 0.3) is 5.91 Å². The van der Waals surface area contributed by atoms with Crippen LogP contribution < -0.4 is 10.5 Å². The first-order chi connectivity index (χ1) is 6.84. The van der Waals surface area contributed by atoms with Crippen LogP contribution in [-0.4, -0.2) is 11.5 Å². The number of hydrogen-bond donors (Lipinski definition) is 1. The summed E-state index contributed by atoms with van der Waals surface area (Å²) in [5.41, 5.74) is 4.22. The van der Waals surface area contributed by atoms with Gasteiger partial charge in [-0.1, -0.05) is 6.07 Å². The van der Waals surface area contributed by atoms with Gasteiger partial charge in [0.05, 0.1) is 4.47 Å². The molecule has 5 heteroatoms. The molecule has 0 heterocycles. The molecule has 2 N–H and O–H groups in total. The van der Waals surface area contributed by atoms with Crippen LogP contribution in [0.25, 0.3) is 0 Å². The number of amides is 1. The van der Waals surface area contributed by atoms with Gasteiger partial charge >= 0.3 is 0 Å². The molecule has 15 heavy (non-hydrogen) atoms. The van der Waals surface area contributed by atoms with Crippen molar-refractivity contribution in [2.75, 3.05) is 0 Å². The highest BCUT2D eigenvalue weighted by atomic mass is 127. The average Bonchev–Trinajstić information content (AvgIpc) is 2.12. The van der Waals surface area contributed by atoms with E-state index in [-0.39, 0.29) is 0 Å². The quantitative estimate of drug-likeness (QED) is 0.816. The predicted octanol–water partition coefficient (Wildman–Crippen LogP) is 2.70. The number of carbonyl (C=O) groups is 1. The van der Waals surface area contributed by atoms with Gasteiger partial charge in [-0.15, -0.1) is 0 Å². The van der Waals surface area contributed by atoms with E-state index in [4.69, 9.17) is 10.5 Å². The van der Waals surface area contributed by atoms with Crippen LogP contribution in [0.15, 0.2) is 22.7 Å². The summed E-state index contributed by atoms with van der Waals surface area (Å²) in [6.45, 7) is 3.28. The lowest BCUT2D eigenvalue weighted by Gasteiger charge is -2.23. The lowest BCUT2D eigenvalue weighted by Crippen LogP contribution is -2.43. The van der Waals surface area contributed by atoms with Crippen molar-refractivity contribution in [1.29, 1.82) is 0 Å². The molecule has 0 spiro atoms. The molecule has 0 aliphatic heterocycles. The van der Waals surface area contributed by atoms with Gasteiger partial charge in [-0.2, -0.15) is 0 Å². The third-order valence-electron chi connectivity index (χ3n) is 1.87. The molecule has 1 aromatic rings. The highest BCUT2D eigenvalue weighted by Gasteiger charge is 2.28. The van der Waals surface area contributed by atoms with E-state index in [1.165, 1.54) is 0 Å². The van der Waals surface area contributed by atoms with E-state index in [9.17, 15) is 4.79 Å². The fourth-order valence-electron chi connectivity index (χ4n) is 0.888. The number of primary amides is 1. The molecule has 0 aliphatic carbocycles. The first-order valence-corrected chi connectivity index (χ1v) is 6.14. The molecule has 0 atom stereocenters. The molecule has 0 bridgehead atoms. The van der Waals surface area contributed by atoms with Gasteiger partial charge in [0.1, 0.15) is 5.75 Å². The van der Waals surface area contributed by atoms with Crippen molar-refractivity contribution in [3.8, 4) is 5.75 Å². The van der Waals surface area contributed by atoms with E-state index in [1.807, 2.05) is 12.1 Å². The van der Waals surface area contributed by atoms with E-state index >= 15 is 0 Å². The van der Waals surface area contributed by atoms with E-state index in [0.717, 1.165) is 8.04 Å². The fourth-order valence-corrected chi connectivity index (χ4v) is 1.71. The summed E-state index contributed by atoms with van der Waals surface area (Å²) in [6.07, 6.45) is 0. The molecule has 1 rings (SSSR count). The average molecular weight is 384 g/mol. The first-order valence-electron chi connectivity index (χ1n) is 4.27. The SMILES string of the molecule is CC(C)(Oc1cccc(I)c1Br)C(N)=O. The highest BCUT2D eigenvalue weighted by molar-refractivity contribution is 14.1. The van der Waals surface area contributed by atoms with Crippen molar-refractivity contribution in [3.05, 3.63) is 26.2 Å². The number of carbonyl (C=O) groups excluding carboxylic acids is 1. The Hall–Kier alpha value is -0.300. The van der Waals surface area contributed by atoms with Crippen LogP contribution in [0.5, 0.6) is 5.75 Å². The molecule has 0 saturated heterocycles. The third kappa shape index (κ3) is 3.07. The second-order valence-electron chi connectivity index (χ2n) is 3.53. The Kier molecular flexibility index (Phi) is 3.99. The first kappa shape index (κ1) is 12.8. The van der Waals surface area contributed by atoms with E-state index in [2.05, 4.69) is 38.5 Å². The second kappa shape index (κ2) is 4.69. The van der Waals surface area contributed by atoms with Crippen LogP contribution >= 0.6 is 38.5 Å². The normalized spacial score (nSPS) is 11.2. The number of halogens is 2. The summed E-state index contributed by atoms with van der Waals surface area (Å²) in [7, 11) is 0. The van der Waals surface area contributed by atoms with Crippen LogP contribution in [0, 0.1) is 3.57 Å². The molecule has 0 saturated carbocycles. The summed E-state index contributed by atoms with van der Waals surface area (Å²) in [5, 5.41) is 0. The van der Waals surface area contributed by atoms with Gasteiger partial charge in [-0.05, 0) is 64.5 Å². The number of rotatable bonds is 3. The Morgan fingerprint density at radius 3 is 2.67 bits per heavy atom. The van der Waals surface area contributed by atoms with Crippen LogP contribution in [0.4, 0.5) is 0 Å². The fraction of sp³-hybridized carbons (Fsp3) is 0.300. The molecule has 0 fully saturated rings. The van der Waals surface area contributed by atoms with Crippen molar-refractivity contribution < 1.29 is 9.53 Å². The zero-order valence-corrected chi connectivity index (χ0v) is 12.1. The van der Waals surface area contributed by atoms with E-state index in [1.54, 1.807) is 19.9 Å². The number of benzene rings is 1. The number of hydrogen-bond acceptors (Lipinski definition) is 2. The third-order valence-corrected chi connectivity index (χ3v) is 4.33. The van der Waals surface area contributed by atoms with Gasteiger partial charge < -0.3 is 10.5 Å². The van der Waals surface area contributed by atoms with E-state index < -0.39 is 11.5 Å². The maximum atomic E-state index is 11.1. The molecule has 0 radical (unpaired) electrons. The van der Waals surface area contributed by atoms with Crippen LogP contribution in [0.3, 0.4) is 0 Å². The maximum Gasteiger partial charge on any atom is 0.261 e. The monoisotopic (exact) mass is 383 g/mol. The lowest BCUT2D eigenvalue weighted by molar-refractivity contribution is -0.130. The standard InChI is InChI=1S/C10H11BrINO2/c1-10(2,9(13)14)15-7-5-3-4-6(12)8(7)11/h3-5H,1-2H3,(H2,13,14). The highest BCUT2D eigenvalue weighted by Crippen LogP contribution is 2.31. The number of ether oxygens (including phenoxy) is 1. The van der Waals surface area contributed by atoms with E-state index in [0.29, 0.717) is 5.75 Å². The Morgan fingerprint density at radius 1 is 1.53 bits per heavy atom. The van der Waals surface area contributed by atoms with Gasteiger partial charge in [0, 0.05) is 3.57 Å². The summed E-state index contributed by atoms with van der Waals surface area (Å²) < 4.78 is 7.40. The molecule has 0 unspecified atom stereocenters. The van der Waals surface area contributed by atoms with Crippen LogP contribution in [0.2, 0.25) is 0 Å². The summed E-state index contributed by atoms with van der Waals surface area (Å²) >= 11 is 5.57. The smallest absolute Gasteiger partial charge is 0.261 e. The lowest BCUT2D eigenvalue weighted by atomic mass is 10.1. The van der Waals surface area contributed by atoms with Crippen molar-refractivity contribution in [1.82, 2.24) is 0 Å². The summed E-state index contributed by atoms with van der Waals surface area (Å²) in [5.74, 6) is 0.124. The topological polar surface area (TPSA) is 52.3 Å². The van der Waals surface area contributed by atoms with Gasteiger partial charge in [-0.25, -0.2) is 0 Å². The minimum absolute atomic E-state index is 0.492. The Bertz CT molecular complexity index is 393. The van der Waals surface area contributed by atoms with Crippen molar-refractivity contribution >= 4 is 44.4 Å². The molecule has 82 valence electrons. The zero-order chi connectivity index (χ0) is 11.6. The molecule has 1 aromatic carbocycles. The number of nitrogens with two attached hydrogens (primary N) is 1. The Balaban J connectivity index is 3.00. The van der Waals surface area contributed by atoms with Crippen molar-refractivity contribution in [2.24, 2.45) is 5.73 Å². The Morgan fingerprint density at radius 2 is 2.13 bits per heavy atom. The summed E-state index contributed by atoms with van der Waals surface area (Å²) in [4.78, 5) is 11.1.